The quantitative estimate of drug-likeness (QED) is 0.171. The minimum Gasteiger partial charge on any atom is -0.538 e. The topological polar surface area (TPSA) is 121 Å². The number of ether oxygens (including phenoxy) is 2. The van der Waals surface area contributed by atoms with E-state index in [1.54, 1.807) is 38.3 Å². The number of hydrogen-bond donors (Lipinski definition) is 1. The third kappa shape index (κ3) is 6.14. The van der Waals surface area contributed by atoms with Crippen LogP contribution in [-0.2, 0) is 29.0 Å². The van der Waals surface area contributed by atoms with Gasteiger partial charge in [-0.25, -0.2) is 4.79 Å². The molecule has 1 aliphatic heterocycles. The minimum atomic E-state index is -0.647. The van der Waals surface area contributed by atoms with Crippen LogP contribution in [0, 0.1) is 0 Å². The van der Waals surface area contributed by atoms with Gasteiger partial charge >= 0.3 is 5.97 Å². The van der Waals surface area contributed by atoms with Crippen LogP contribution in [0.5, 0.6) is 11.7 Å². The lowest BCUT2D eigenvalue weighted by molar-refractivity contribution is -0.705. The van der Waals surface area contributed by atoms with Crippen LogP contribution in [0.15, 0.2) is 64.1 Å². The number of carbonyl (C=O) groups excluding carboxylic acids is 2. The Morgan fingerprint density at radius 2 is 1.98 bits per heavy atom. The number of anilines is 1. The van der Waals surface area contributed by atoms with Gasteiger partial charge in [0.2, 0.25) is 11.6 Å². The van der Waals surface area contributed by atoms with Crippen molar-refractivity contribution >= 4 is 40.0 Å². The van der Waals surface area contributed by atoms with Crippen LogP contribution in [-0.4, -0.2) is 48.1 Å². The van der Waals surface area contributed by atoms with Gasteiger partial charge in [0.1, 0.15) is 10.8 Å². The molecule has 0 bridgehead atoms. The number of nitrogens with one attached hydrogen (secondary N) is 1. The number of rotatable bonds is 10. The van der Waals surface area contributed by atoms with E-state index in [2.05, 4.69) is 27.6 Å². The molecule has 0 spiro atoms. The SMILES string of the molecule is CCOC(=O)c1c(NC(=O)CSc2c([O-])on[n+]2-c2ccc(OC)cc2)sc2c1CCN(Cc1ccccc1)C2. The first-order valence-corrected chi connectivity index (χ1v) is 14.5. The van der Waals surface area contributed by atoms with Gasteiger partial charge in [0.15, 0.2) is 5.95 Å². The van der Waals surface area contributed by atoms with E-state index < -0.39 is 11.9 Å². The number of carbonyl (C=O) groups is 2. The molecule has 0 aliphatic carbocycles. The third-order valence-corrected chi connectivity index (χ3v) is 8.50. The Kier molecular flexibility index (Phi) is 8.68. The number of nitrogens with zero attached hydrogens (tertiary/aromatic N) is 3. The van der Waals surface area contributed by atoms with Crippen molar-refractivity contribution < 1.29 is 33.4 Å². The number of benzene rings is 2. The van der Waals surface area contributed by atoms with E-state index in [1.165, 1.54) is 21.6 Å². The standard InChI is InChI=1S/C28H28N4O6S2/c1-3-37-27(34)24-21-13-14-31(15-18-7-5-4-6-8-18)16-22(21)40-25(24)29-23(33)17-39-26-28(35)38-30-32(26)19-9-11-20(36-2)12-10-19/h4-12H,3,13-17H2,1-2H3,(H-,29,30,33,34,35). The van der Waals surface area contributed by atoms with Crippen LogP contribution in [0.1, 0.15) is 33.3 Å². The second-order valence-electron chi connectivity index (χ2n) is 8.99. The Morgan fingerprint density at radius 3 is 2.70 bits per heavy atom. The molecule has 12 heteroatoms. The fraction of sp³-hybridized carbons (Fsp3) is 0.286. The molecular formula is C28H28N4O6S2. The summed E-state index contributed by atoms with van der Waals surface area (Å²) in [5.41, 5.74) is 3.15. The van der Waals surface area contributed by atoms with Gasteiger partial charge in [-0.15, -0.1) is 11.3 Å². The van der Waals surface area contributed by atoms with Crippen LogP contribution in [0.2, 0.25) is 0 Å². The number of thioether (sulfide) groups is 1. The van der Waals surface area contributed by atoms with Crippen molar-refractivity contribution in [3.05, 3.63) is 76.2 Å². The van der Waals surface area contributed by atoms with E-state index in [9.17, 15) is 14.7 Å². The predicted octanol–water partition coefficient (Wildman–Crippen LogP) is 3.56. The van der Waals surface area contributed by atoms with Gasteiger partial charge in [0.25, 0.3) is 5.03 Å². The van der Waals surface area contributed by atoms with Crippen LogP contribution < -0.4 is 19.8 Å². The number of aromatic nitrogens is 2. The Balaban J connectivity index is 1.30. The van der Waals surface area contributed by atoms with Gasteiger partial charge in [-0.05, 0) is 53.0 Å². The number of hydrogen-bond acceptors (Lipinski definition) is 10. The highest BCUT2D eigenvalue weighted by Gasteiger charge is 2.30. The van der Waals surface area contributed by atoms with Gasteiger partial charge in [-0.3, -0.25) is 9.69 Å². The maximum atomic E-state index is 13.0. The van der Waals surface area contributed by atoms with Crippen molar-refractivity contribution in [2.24, 2.45) is 0 Å². The minimum absolute atomic E-state index is 0.0857. The summed E-state index contributed by atoms with van der Waals surface area (Å²) in [5, 5.41) is 19.7. The lowest BCUT2D eigenvalue weighted by atomic mass is 10.0. The van der Waals surface area contributed by atoms with Crippen LogP contribution >= 0.6 is 23.1 Å². The van der Waals surface area contributed by atoms with E-state index in [1.807, 2.05) is 18.2 Å². The van der Waals surface area contributed by atoms with Crippen LogP contribution in [0.4, 0.5) is 5.00 Å². The lowest BCUT2D eigenvalue weighted by Crippen LogP contribution is -2.35. The zero-order chi connectivity index (χ0) is 28.1. The Bertz CT molecular complexity index is 1490. The monoisotopic (exact) mass is 580 g/mol. The van der Waals surface area contributed by atoms with Crippen molar-refractivity contribution in [1.29, 1.82) is 0 Å². The molecule has 40 heavy (non-hydrogen) atoms. The normalized spacial score (nSPS) is 13.1. The highest BCUT2D eigenvalue weighted by atomic mass is 32.2. The molecule has 0 unspecified atom stereocenters. The van der Waals surface area contributed by atoms with E-state index in [-0.39, 0.29) is 23.3 Å². The molecule has 3 heterocycles. The highest BCUT2D eigenvalue weighted by Crippen LogP contribution is 2.38. The zero-order valence-corrected chi connectivity index (χ0v) is 23.7. The molecule has 10 nitrogen and oxygen atoms in total. The van der Waals surface area contributed by atoms with E-state index >= 15 is 0 Å². The van der Waals surface area contributed by atoms with Gasteiger partial charge in [-0.2, -0.15) is 0 Å². The Morgan fingerprint density at radius 1 is 1.20 bits per heavy atom. The molecule has 0 radical (unpaired) electrons. The van der Waals surface area contributed by atoms with Gasteiger partial charge < -0.3 is 24.4 Å². The number of thiophene rings is 1. The molecule has 1 N–H and O–H groups in total. The number of esters is 1. The molecule has 0 saturated carbocycles. The van der Waals surface area contributed by atoms with Crippen molar-refractivity contribution in [3.63, 3.8) is 0 Å². The van der Waals surface area contributed by atoms with Gasteiger partial charge in [-0.1, -0.05) is 30.3 Å². The first kappa shape index (κ1) is 27.7. The van der Waals surface area contributed by atoms with Crippen molar-refractivity contribution in [3.8, 4) is 17.4 Å². The second kappa shape index (κ2) is 12.5. The summed E-state index contributed by atoms with van der Waals surface area (Å²) >= 11 is 2.40. The van der Waals surface area contributed by atoms with Crippen molar-refractivity contribution in [2.45, 2.75) is 31.5 Å². The number of methoxy groups -OCH3 is 1. The maximum Gasteiger partial charge on any atom is 0.341 e. The van der Waals surface area contributed by atoms with Gasteiger partial charge in [0.05, 0.1) is 30.3 Å². The smallest absolute Gasteiger partial charge is 0.341 e. The summed E-state index contributed by atoms with van der Waals surface area (Å²) in [4.78, 5) is 29.3. The number of fused-ring (bicyclic) bond motifs is 1. The zero-order valence-electron chi connectivity index (χ0n) is 22.0. The second-order valence-corrected chi connectivity index (χ2v) is 11.1. The van der Waals surface area contributed by atoms with E-state index in [0.717, 1.165) is 35.3 Å². The lowest BCUT2D eigenvalue weighted by Gasteiger charge is -2.27. The van der Waals surface area contributed by atoms with E-state index in [4.69, 9.17) is 14.0 Å². The average Bonchev–Trinajstić information content (AvgIpc) is 3.51. The summed E-state index contributed by atoms with van der Waals surface area (Å²) in [6, 6.07) is 17.2. The predicted molar refractivity (Wildman–Crippen MR) is 148 cm³/mol. The molecule has 5 rings (SSSR count). The molecule has 2 aromatic heterocycles. The maximum absolute atomic E-state index is 13.0. The van der Waals surface area contributed by atoms with Gasteiger partial charge in [0, 0.05) is 36.6 Å². The van der Waals surface area contributed by atoms with Crippen LogP contribution in [0.3, 0.4) is 0 Å². The molecule has 2 aromatic carbocycles. The molecule has 1 aliphatic rings. The molecule has 208 valence electrons. The molecular weight excluding hydrogens is 552 g/mol. The molecule has 1 amide bonds. The Hall–Kier alpha value is -3.87. The summed E-state index contributed by atoms with van der Waals surface area (Å²) < 4.78 is 16.7. The van der Waals surface area contributed by atoms with Crippen LogP contribution in [0.25, 0.3) is 5.69 Å². The molecule has 0 fully saturated rings. The highest BCUT2D eigenvalue weighted by molar-refractivity contribution is 7.99. The molecule has 0 saturated heterocycles. The van der Waals surface area contributed by atoms with E-state index in [0.29, 0.717) is 35.0 Å². The first-order valence-electron chi connectivity index (χ1n) is 12.7. The first-order chi connectivity index (χ1) is 19.5. The number of amides is 1. The molecule has 0 atom stereocenters. The molecule has 4 aromatic rings. The summed E-state index contributed by atoms with van der Waals surface area (Å²) in [6.07, 6.45) is 0.680. The Labute approximate surface area is 239 Å². The van der Waals surface area contributed by atoms with Crippen molar-refractivity contribution in [2.75, 3.05) is 31.3 Å². The average molecular weight is 581 g/mol. The fourth-order valence-corrected chi connectivity index (χ4v) is 6.54. The largest absolute Gasteiger partial charge is 0.538 e. The van der Waals surface area contributed by atoms with Crippen molar-refractivity contribution in [1.82, 2.24) is 10.2 Å². The fourth-order valence-electron chi connectivity index (χ4n) is 4.49. The summed E-state index contributed by atoms with van der Waals surface area (Å²) in [7, 11) is 1.56. The summed E-state index contributed by atoms with van der Waals surface area (Å²) in [5.74, 6) is -0.888. The summed E-state index contributed by atoms with van der Waals surface area (Å²) in [6.45, 7) is 4.26. The third-order valence-electron chi connectivity index (χ3n) is 6.35.